The van der Waals surface area contributed by atoms with E-state index in [9.17, 15) is 14.7 Å². The summed E-state index contributed by atoms with van der Waals surface area (Å²) in [5.41, 5.74) is 0. The Hall–Kier alpha value is -0.0600. The molecule has 0 aliphatic carbocycles. The Kier molecular flexibility index (Phi) is 18.4. The first-order chi connectivity index (χ1) is 10.5. The van der Waals surface area contributed by atoms with Gasteiger partial charge in [-0.1, -0.05) is 78.6 Å². The number of aliphatic carboxylic acids is 1. The van der Waals surface area contributed by atoms with Crippen LogP contribution in [0.25, 0.3) is 0 Å². The second kappa shape index (κ2) is 16.8. The van der Waals surface area contributed by atoms with Crippen LogP contribution in [0, 0.1) is 5.92 Å². The Labute approximate surface area is 164 Å². The first kappa shape index (κ1) is 25.2. The molecule has 0 aromatic carbocycles. The fourth-order valence-corrected chi connectivity index (χ4v) is 2.51. The summed E-state index contributed by atoms with van der Waals surface area (Å²) in [7, 11) is 0. The average Bonchev–Trinajstić information content (AvgIpc) is 2.50. The van der Waals surface area contributed by atoms with Gasteiger partial charge in [0.15, 0.2) is 0 Å². The Bertz CT molecular complexity index is 311. The molecular formula is C18H34NNaO3. The number of nitrogens with one attached hydrogen (secondary N) is 1. The number of carbonyl (C=O) groups excluding carboxylic acids is 2. The maximum absolute atomic E-state index is 11.8. The standard InChI is InChI=1S/C18H35NO3.Na/c1-4-6-7-8-9-10-11-12-13-14-16(20)19-17(18(21)22)15(3)5-2;/h15,17H,4-14H2,1-3H3,(H,19,20)(H,21,22);/q;+1/p-1/t15-,17-;/m0./s1. The van der Waals surface area contributed by atoms with Crippen molar-refractivity contribution in [3.63, 3.8) is 0 Å². The summed E-state index contributed by atoms with van der Waals surface area (Å²) in [6.07, 6.45) is 11.9. The van der Waals surface area contributed by atoms with Crippen LogP contribution in [0.1, 0.15) is 91.4 Å². The van der Waals surface area contributed by atoms with Gasteiger partial charge < -0.3 is 15.2 Å². The van der Waals surface area contributed by atoms with Crippen molar-refractivity contribution in [3.8, 4) is 0 Å². The summed E-state index contributed by atoms with van der Waals surface area (Å²) >= 11 is 0. The van der Waals surface area contributed by atoms with E-state index in [-0.39, 0.29) is 41.4 Å². The zero-order valence-electron chi connectivity index (χ0n) is 15.7. The average molecular weight is 335 g/mol. The van der Waals surface area contributed by atoms with E-state index in [1.807, 2.05) is 13.8 Å². The van der Waals surface area contributed by atoms with Crippen molar-refractivity contribution in [1.29, 1.82) is 0 Å². The van der Waals surface area contributed by atoms with Crippen molar-refractivity contribution in [3.05, 3.63) is 0 Å². The molecule has 0 aliphatic heterocycles. The van der Waals surface area contributed by atoms with E-state index in [0.717, 1.165) is 19.3 Å². The predicted octanol–water partition coefficient (Wildman–Crippen LogP) is 0.192. The monoisotopic (exact) mass is 335 g/mol. The third-order valence-corrected chi connectivity index (χ3v) is 4.29. The summed E-state index contributed by atoms with van der Waals surface area (Å²) in [5, 5.41) is 13.6. The minimum Gasteiger partial charge on any atom is -0.548 e. The van der Waals surface area contributed by atoms with Gasteiger partial charge in [-0.3, -0.25) is 4.79 Å². The van der Waals surface area contributed by atoms with Gasteiger partial charge in [0.2, 0.25) is 5.91 Å². The van der Waals surface area contributed by atoms with Crippen LogP contribution in [0.15, 0.2) is 0 Å². The summed E-state index contributed by atoms with van der Waals surface area (Å²) in [5.74, 6) is -1.45. The van der Waals surface area contributed by atoms with E-state index in [2.05, 4.69) is 12.2 Å². The largest absolute Gasteiger partial charge is 1.00 e. The molecule has 0 heterocycles. The molecule has 2 atom stereocenters. The molecule has 0 aromatic rings. The molecule has 0 aromatic heterocycles. The van der Waals surface area contributed by atoms with Crippen LogP contribution in [0.4, 0.5) is 0 Å². The molecule has 0 aliphatic rings. The smallest absolute Gasteiger partial charge is 0.548 e. The van der Waals surface area contributed by atoms with Crippen LogP contribution >= 0.6 is 0 Å². The van der Waals surface area contributed by atoms with Gasteiger partial charge in [-0.15, -0.1) is 0 Å². The molecule has 1 N–H and O–H groups in total. The fourth-order valence-electron chi connectivity index (χ4n) is 2.51. The van der Waals surface area contributed by atoms with E-state index in [4.69, 9.17) is 0 Å². The van der Waals surface area contributed by atoms with Crippen molar-refractivity contribution in [1.82, 2.24) is 5.32 Å². The Balaban J connectivity index is 0. The maximum Gasteiger partial charge on any atom is 1.00 e. The maximum atomic E-state index is 11.8. The van der Waals surface area contributed by atoms with E-state index in [1.165, 1.54) is 38.5 Å². The van der Waals surface area contributed by atoms with Crippen LogP contribution in [0.5, 0.6) is 0 Å². The molecule has 0 saturated carbocycles. The molecule has 5 heteroatoms. The number of amides is 1. The van der Waals surface area contributed by atoms with Gasteiger partial charge in [0.25, 0.3) is 0 Å². The number of carbonyl (C=O) groups is 2. The quantitative estimate of drug-likeness (QED) is 0.364. The van der Waals surface area contributed by atoms with Gasteiger partial charge in [0.05, 0.1) is 12.0 Å². The van der Waals surface area contributed by atoms with Gasteiger partial charge in [-0.2, -0.15) is 0 Å². The van der Waals surface area contributed by atoms with Crippen molar-refractivity contribution in [2.75, 3.05) is 0 Å². The first-order valence-electron chi connectivity index (χ1n) is 9.03. The minimum absolute atomic E-state index is 0. The SMILES string of the molecule is CCCCCCCCCCCC(=O)N[C@H](C(=O)[O-])[C@@H](C)CC.[Na+]. The number of unbranched alkanes of at least 4 members (excludes halogenated alkanes) is 8. The molecule has 130 valence electrons. The number of rotatable bonds is 14. The molecule has 4 nitrogen and oxygen atoms in total. The van der Waals surface area contributed by atoms with Crippen molar-refractivity contribution in [2.24, 2.45) is 5.92 Å². The van der Waals surface area contributed by atoms with E-state index >= 15 is 0 Å². The van der Waals surface area contributed by atoms with Gasteiger partial charge in [0.1, 0.15) is 0 Å². The summed E-state index contributed by atoms with van der Waals surface area (Å²) < 4.78 is 0. The zero-order valence-corrected chi connectivity index (χ0v) is 17.7. The normalized spacial score (nSPS) is 13.0. The molecular weight excluding hydrogens is 301 g/mol. The topological polar surface area (TPSA) is 69.2 Å². The van der Waals surface area contributed by atoms with Gasteiger partial charge >= 0.3 is 29.6 Å². The van der Waals surface area contributed by atoms with Crippen LogP contribution in [0.3, 0.4) is 0 Å². The molecule has 0 rings (SSSR count). The van der Waals surface area contributed by atoms with Crippen LogP contribution < -0.4 is 40.0 Å². The molecule has 0 unspecified atom stereocenters. The van der Waals surface area contributed by atoms with Gasteiger partial charge in [0, 0.05) is 6.42 Å². The van der Waals surface area contributed by atoms with Crippen molar-refractivity contribution >= 4 is 11.9 Å². The second-order valence-corrected chi connectivity index (χ2v) is 6.33. The van der Waals surface area contributed by atoms with E-state index in [0.29, 0.717) is 12.8 Å². The van der Waals surface area contributed by atoms with Crippen molar-refractivity contribution in [2.45, 2.75) is 97.4 Å². The summed E-state index contributed by atoms with van der Waals surface area (Å²) in [6.45, 7) is 5.95. The van der Waals surface area contributed by atoms with Crippen molar-refractivity contribution < 1.29 is 44.3 Å². The minimum atomic E-state index is -1.19. The Morgan fingerprint density at radius 3 is 1.83 bits per heavy atom. The predicted molar refractivity (Wildman–Crippen MR) is 88.2 cm³/mol. The molecule has 0 bridgehead atoms. The zero-order chi connectivity index (χ0) is 16.8. The first-order valence-corrected chi connectivity index (χ1v) is 9.03. The molecule has 0 saturated heterocycles. The second-order valence-electron chi connectivity index (χ2n) is 6.33. The summed E-state index contributed by atoms with van der Waals surface area (Å²) in [6, 6.07) is -0.865. The number of hydrogen-bond acceptors (Lipinski definition) is 3. The third-order valence-electron chi connectivity index (χ3n) is 4.29. The Morgan fingerprint density at radius 2 is 1.39 bits per heavy atom. The number of carboxylic acid groups (broad SMARTS) is 1. The van der Waals surface area contributed by atoms with E-state index < -0.39 is 12.0 Å². The van der Waals surface area contributed by atoms with Crippen LogP contribution in [-0.4, -0.2) is 17.9 Å². The van der Waals surface area contributed by atoms with Crippen LogP contribution in [0.2, 0.25) is 0 Å². The molecule has 0 fully saturated rings. The van der Waals surface area contributed by atoms with Crippen LogP contribution in [-0.2, 0) is 9.59 Å². The van der Waals surface area contributed by atoms with E-state index in [1.54, 1.807) is 0 Å². The molecule has 1 amide bonds. The number of hydrogen-bond donors (Lipinski definition) is 1. The molecule has 0 spiro atoms. The Morgan fingerprint density at radius 1 is 0.913 bits per heavy atom. The summed E-state index contributed by atoms with van der Waals surface area (Å²) in [4.78, 5) is 22.8. The molecule has 23 heavy (non-hydrogen) atoms. The third kappa shape index (κ3) is 14.0. The van der Waals surface area contributed by atoms with Gasteiger partial charge in [-0.05, 0) is 12.3 Å². The number of carboxylic acids is 1. The fraction of sp³-hybridized carbons (Fsp3) is 0.889. The van der Waals surface area contributed by atoms with Gasteiger partial charge in [-0.25, -0.2) is 0 Å². The molecule has 0 radical (unpaired) electrons.